The molecular formula is C17H21N3O. The lowest BCUT2D eigenvalue weighted by atomic mass is 10.0. The highest BCUT2D eigenvalue weighted by atomic mass is 16.2. The number of carbonyl (C=O) groups excluding carboxylic acids is 1. The van der Waals surface area contributed by atoms with Gasteiger partial charge in [0.15, 0.2) is 0 Å². The van der Waals surface area contributed by atoms with Gasteiger partial charge in [-0.3, -0.25) is 0 Å². The van der Waals surface area contributed by atoms with Crippen molar-refractivity contribution in [3.63, 3.8) is 0 Å². The second kappa shape index (κ2) is 6.79. The van der Waals surface area contributed by atoms with Crippen LogP contribution >= 0.6 is 0 Å². The minimum atomic E-state index is -0.184. The van der Waals surface area contributed by atoms with E-state index < -0.39 is 0 Å². The van der Waals surface area contributed by atoms with Crippen molar-refractivity contribution in [1.82, 2.24) is 5.32 Å². The fraction of sp³-hybridized carbons (Fsp3) is 0.235. The summed E-state index contributed by atoms with van der Waals surface area (Å²) in [5, 5.41) is 5.59. The maximum Gasteiger partial charge on any atom is 0.319 e. The number of nitrogen functional groups attached to an aromatic ring is 1. The van der Waals surface area contributed by atoms with Crippen molar-refractivity contribution in [2.75, 3.05) is 11.1 Å². The number of rotatable bonds is 4. The number of carbonyl (C=O) groups is 1. The molecule has 0 heterocycles. The van der Waals surface area contributed by atoms with Crippen molar-refractivity contribution in [2.24, 2.45) is 0 Å². The summed E-state index contributed by atoms with van der Waals surface area (Å²) in [4.78, 5) is 11.6. The summed E-state index contributed by atoms with van der Waals surface area (Å²) < 4.78 is 0. The fourth-order valence-electron chi connectivity index (χ4n) is 2.01. The Morgan fingerprint density at radius 1 is 1.00 bits per heavy atom. The van der Waals surface area contributed by atoms with E-state index in [9.17, 15) is 4.79 Å². The summed E-state index contributed by atoms with van der Waals surface area (Å²) in [6, 6.07) is 15.6. The molecule has 0 bridgehead atoms. The first-order valence-corrected chi connectivity index (χ1v) is 7.04. The van der Waals surface area contributed by atoms with Crippen molar-refractivity contribution < 1.29 is 4.79 Å². The molecule has 2 amide bonds. The highest BCUT2D eigenvalue weighted by Crippen LogP contribution is 2.14. The van der Waals surface area contributed by atoms with E-state index in [0.29, 0.717) is 0 Å². The number of hydrogen-bond donors (Lipinski definition) is 3. The molecule has 0 atom stereocenters. The molecule has 0 aliphatic heterocycles. The molecular weight excluding hydrogens is 262 g/mol. The second-order valence-electron chi connectivity index (χ2n) is 5.37. The Kier molecular flexibility index (Phi) is 4.82. The topological polar surface area (TPSA) is 67.2 Å². The van der Waals surface area contributed by atoms with Crippen molar-refractivity contribution in [3.05, 3.63) is 59.7 Å². The smallest absolute Gasteiger partial charge is 0.319 e. The van der Waals surface area contributed by atoms with Crippen LogP contribution in [0.3, 0.4) is 0 Å². The van der Waals surface area contributed by atoms with Gasteiger partial charge in [-0.1, -0.05) is 24.3 Å². The number of hydrogen-bond acceptors (Lipinski definition) is 2. The van der Waals surface area contributed by atoms with E-state index in [0.717, 1.165) is 17.8 Å². The van der Waals surface area contributed by atoms with E-state index >= 15 is 0 Å². The molecule has 4 N–H and O–H groups in total. The Balaban J connectivity index is 1.95. The molecule has 0 unspecified atom stereocenters. The van der Waals surface area contributed by atoms with E-state index in [1.54, 1.807) is 0 Å². The molecule has 4 heteroatoms. The van der Waals surface area contributed by atoms with Gasteiger partial charge in [-0.2, -0.15) is 0 Å². The Bertz CT molecular complexity index is 588. The van der Waals surface area contributed by atoms with Gasteiger partial charge in [-0.25, -0.2) is 4.79 Å². The van der Waals surface area contributed by atoms with Crippen molar-refractivity contribution in [2.45, 2.75) is 26.3 Å². The van der Waals surface area contributed by atoms with Crippen molar-refractivity contribution in [1.29, 1.82) is 0 Å². The van der Waals surface area contributed by atoms with Gasteiger partial charge in [-0.05, 0) is 55.7 Å². The van der Waals surface area contributed by atoms with E-state index in [4.69, 9.17) is 5.73 Å². The highest BCUT2D eigenvalue weighted by molar-refractivity contribution is 5.89. The Morgan fingerprint density at radius 3 is 2.05 bits per heavy atom. The lowest BCUT2D eigenvalue weighted by Gasteiger charge is -2.10. The van der Waals surface area contributed by atoms with Gasteiger partial charge >= 0.3 is 6.03 Å². The zero-order valence-electron chi connectivity index (χ0n) is 12.4. The quantitative estimate of drug-likeness (QED) is 0.753. The molecule has 0 aromatic heterocycles. The maximum atomic E-state index is 11.6. The average molecular weight is 283 g/mol. The SMILES string of the molecule is CC(C)NC(=O)Nc1ccc(Cc2ccc(N)cc2)cc1. The third-order valence-electron chi connectivity index (χ3n) is 3.02. The van der Waals surface area contributed by atoms with Crippen LogP contribution in [0.2, 0.25) is 0 Å². The summed E-state index contributed by atoms with van der Waals surface area (Å²) in [5.41, 5.74) is 9.63. The average Bonchev–Trinajstić information content (AvgIpc) is 2.42. The monoisotopic (exact) mass is 283 g/mol. The van der Waals surface area contributed by atoms with Crippen LogP contribution in [-0.2, 0) is 6.42 Å². The van der Waals surface area contributed by atoms with Crippen molar-refractivity contribution in [3.8, 4) is 0 Å². The first kappa shape index (κ1) is 14.9. The van der Waals surface area contributed by atoms with E-state index in [2.05, 4.69) is 10.6 Å². The van der Waals surface area contributed by atoms with E-state index in [-0.39, 0.29) is 12.1 Å². The predicted molar refractivity (Wildman–Crippen MR) is 87.4 cm³/mol. The molecule has 4 nitrogen and oxygen atoms in total. The van der Waals surface area contributed by atoms with E-state index in [1.165, 1.54) is 11.1 Å². The minimum Gasteiger partial charge on any atom is -0.399 e. The molecule has 0 radical (unpaired) electrons. The number of benzene rings is 2. The van der Waals surface area contributed by atoms with Gasteiger partial charge in [0, 0.05) is 17.4 Å². The Labute approximate surface area is 125 Å². The molecule has 2 rings (SSSR count). The summed E-state index contributed by atoms with van der Waals surface area (Å²) in [6.45, 7) is 3.85. The standard InChI is InChI=1S/C17H21N3O/c1-12(2)19-17(21)20-16-9-5-14(6-10-16)11-13-3-7-15(18)8-4-13/h3-10,12H,11,18H2,1-2H3,(H2,19,20,21). The summed E-state index contributed by atoms with van der Waals surface area (Å²) >= 11 is 0. The molecule has 0 spiro atoms. The lowest BCUT2D eigenvalue weighted by molar-refractivity contribution is 0.250. The summed E-state index contributed by atoms with van der Waals surface area (Å²) in [6.07, 6.45) is 0.846. The largest absolute Gasteiger partial charge is 0.399 e. The first-order valence-electron chi connectivity index (χ1n) is 7.04. The van der Waals surface area contributed by atoms with Crippen molar-refractivity contribution >= 4 is 17.4 Å². The molecule has 0 aliphatic carbocycles. The van der Waals surface area contributed by atoms with Gasteiger partial charge in [0.05, 0.1) is 0 Å². The molecule has 0 saturated heterocycles. The normalized spacial score (nSPS) is 10.4. The molecule has 0 fully saturated rings. The molecule has 0 aliphatic rings. The van der Waals surface area contributed by atoms with Crippen LogP contribution in [0.15, 0.2) is 48.5 Å². The number of urea groups is 1. The van der Waals surface area contributed by atoms with Crippen LogP contribution in [0, 0.1) is 0 Å². The molecule has 21 heavy (non-hydrogen) atoms. The van der Waals surface area contributed by atoms with Crippen LogP contribution < -0.4 is 16.4 Å². The third kappa shape index (κ3) is 4.84. The van der Waals surface area contributed by atoms with Gasteiger partial charge < -0.3 is 16.4 Å². The van der Waals surface area contributed by atoms with E-state index in [1.807, 2.05) is 62.4 Å². The third-order valence-corrected chi connectivity index (χ3v) is 3.02. The lowest BCUT2D eigenvalue weighted by Crippen LogP contribution is -2.34. The molecule has 2 aromatic rings. The second-order valence-corrected chi connectivity index (χ2v) is 5.37. The number of nitrogens with two attached hydrogens (primary N) is 1. The summed E-state index contributed by atoms with van der Waals surface area (Å²) in [5.74, 6) is 0. The minimum absolute atomic E-state index is 0.120. The Morgan fingerprint density at radius 2 is 1.52 bits per heavy atom. The predicted octanol–water partition coefficient (Wildman–Crippen LogP) is 3.39. The zero-order chi connectivity index (χ0) is 15.2. The molecule has 0 saturated carbocycles. The zero-order valence-corrected chi connectivity index (χ0v) is 12.4. The number of amides is 2. The van der Waals surface area contributed by atoms with Crippen LogP contribution in [0.25, 0.3) is 0 Å². The number of nitrogens with one attached hydrogen (secondary N) is 2. The molecule has 2 aromatic carbocycles. The summed E-state index contributed by atoms with van der Waals surface area (Å²) in [7, 11) is 0. The van der Waals surface area contributed by atoms with Gasteiger partial charge in [0.2, 0.25) is 0 Å². The van der Waals surface area contributed by atoms with Gasteiger partial charge in [0.1, 0.15) is 0 Å². The van der Waals surface area contributed by atoms with Crippen LogP contribution in [-0.4, -0.2) is 12.1 Å². The highest BCUT2D eigenvalue weighted by Gasteiger charge is 2.03. The van der Waals surface area contributed by atoms with Crippen LogP contribution in [0.1, 0.15) is 25.0 Å². The van der Waals surface area contributed by atoms with Crippen LogP contribution in [0.5, 0.6) is 0 Å². The number of anilines is 2. The maximum absolute atomic E-state index is 11.6. The van der Waals surface area contributed by atoms with Gasteiger partial charge in [-0.15, -0.1) is 0 Å². The fourth-order valence-corrected chi connectivity index (χ4v) is 2.01. The Hall–Kier alpha value is -2.49. The molecule has 110 valence electrons. The van der Waals surface area contributed by atoms with Crippen LogP contribution in [0.4, 0.5) is 16.2 Å². The van der Waals surface area contributed by atoms with Gasteiger partial charge in [0.25, 0.3) is 0 Å². The first-order chi connectivity index (χ1) is 10.0.